The smallest absolute Gasteiger partial charge is 0.453 e. The van der Waals surface area contributed by atoms with Gasteiger partial charge in [-0.1, -0.05) is 66.7 Å². The summed E-state index contributed by atoms with van der Waals surface area (Å²) in [7, 11) is -2.61. The summed E-state index contributed by atoms with van der Waals surface area (Å²) in [5, 5.41) is 0. The van der Waals surface area contributed by atoms with E-state index in [1.807, 2.05) is 42.5 Å². The van der Waals surface area contributed by atoms with E-state index in [0.29, 0.717) is 17.2 Å². The Bertz CT molecular complexity index is 797. The second-order valence-corrected chi connectivity index (χ2v) is 7.40. The van der Waals surface area contributed by atoms with Crippen molar-refractivity contribution in [3.8, 4) is 0 Å². The highest BCUT2D eigenvalue weighted by Crippen LogP contribution is 2.11. The van der Waals surface area contributed by atoms with Crippen molar-refractivity contribution in [1.29, 1.82) is 0 Å². The van der Waals surface area contributed by atoms with Crippen LogP contribution in [0, 0.1) is 0 Å². The highest BCUT2D eigenvalue weighted by molar-refractivity contribution is 6.49. The summed E-state index contributed by atoms with van der Waals surface area (Å²) in [6.45, 7) is 0. The van der Waals surface area contributed by atoms with Gasteiger partial charge in [0, 0.05) is 6.04 Å². The summed E-state index contributed by atoms with van der Waals surface area (Å²) in [5.41, 5.74) is 1.84. The minimum absolute atomic E-state index is 0.415. The Labute approximate surface area is 153 Å². The second-order valence-electron chi connectivity index (χ2n) is 5.66. The molecular formula is C21H18O4Si. The molecule has 0 aromatic heterocycles. The molecule has 5 heteroatoms. The van der Waals surface area contributed by atoms with E-state index < -0.39 is 21.2 Å². The van der Waals surface area contributed by atoms with Gasteiger partial charge in [-0.2, -0.15) is 0 Å². The van der Waals surface area contributed by atoms with E-state index in [1.165, 1.54) is 0 Å². The number of rotatable bonds is 6. The molecule has 3 aromatic carbocycles. The lowest BCUT2D eigenvalue weighted by Gasteiger charge is -2.17. The van der Waals surface area contributed by atoms with E-state index in [1.54, 1.807) is 48.5 Å². The number of carbonyl (C=O) groups excluding carboxylic acids is 2. The van der Waals surface area contributed by atoms with Gasteiger partial charge in [-0.3, -0.25) is 0 Å². The van der Waals surface area contributed by atoms with Crippen LogP contribution in [0.2, 0.25) is 0 Å². The molecule has 0 aliphatic rings. The first kappa shape index (κ1) is 17.6. The summed E-state index contributed by atoms with van der Waals surface area (Å²) in [4.78, 5) is 24.8. The van der Waals surface area contributed by atoms with E-state index in [2.05, 4.69) is 0 Å². The van der Waals surface area contributed by atoms with Crippen molar-refractivity contribution in [2.75, 3.05) is 0 Å². The number of carbonyl (C=O) groups is 2. The molecule has 0 fully saturated rings. The van der Waals surface area contributed by atoms with Crippen molar-refractivity contribution in [1.82, 2.24) is 0 Å². The fraction of sp³-hybridized carbons (Fsp3) is 0.0476. The quantitative estimate of drug-likeness (QED) is 0.628. The molecule has 0 aliphatic heterocycles. The molecule has 0 saturated carbocycles. The summed E-state index contributed by atoms with van der Waals surface area (Å²) >= 11 is 0. The maximum absolute atomic E-state index is 12.4. The topological polar surface area (TPSA) is 52.6 Å². The molecule has 0 radical (unpaired) electrons. The molecule has 0 spiro atoms. The predicted octanol–water partition coefficient (Wildman–Crippen LogP) is 3.70. The lowest BCUT2D eigenvalue weighted by molar-refractivity contribution is 0.0600. The van der Waals surface area contributed by atoms with Gasteiger partial charge in [-0.05, 0) is 29.8 Å². The molecule has 0 N–H and O–H groups in total. The fourth-order valence-corrected chi connectivity index (χ4v) is 4.06. The van der Waals surface area contributed by atoms with Gasteiger partial charge >= 0.3 is 21.2 Å². The highest BCUT2D eigenvalue weighted by Gasteiger charge is 2.25. The first-order valence-corrected chi connectivity index (χ1v) is 10.0. The van der Waals surface area contributed by atoms with E-state index in [-0.39, 0.29) is 0 Å². The molecule has 0 atom stereocenters. The van der Waals surface area contributed by atoms with E-state index >= 15 is 0 Å². The monoisotopic (exact) mass is 362 g/mol. The lowest BCUT2D eigenvalue weighted by Crippen LogP contribution is -2.32. The van der Waals surface area contributed by atoms with Gasteiger partial charge in [-0.25, -0.2) is 9.59 Å². The van der Waals surface area contributed by atoms with Crippen LogP contribution < -0.4 is 0 Å². The van der Waals surface area contributed by atoms with Crippen LogP contribution in [0.15, 0.2) is 91.0 Å². The van der Waals surface area contributed by atoms with Gasteiger partial charge in [0.1, 0.15) is 0 Å². The van der Waals surface area contributed by atoms with E-state index in [0.717, 1.165) is 5.56 Å². The fourth-order valence-electron chi connectivity index (χ4n) is 2.44. The standard InChI is InChI=1S/C21H18O4Si/c22-20(18-12-6-2-7-13-18)24-26(16-17-10-4-1-5-11-17)25-21(23)19-14-8-3-9-15-19/h1-15,26H,16H2. The molecule has 0 heterocycles. The second kappa shape index (κ2) is 8.78. The van der Waals surface area contributed by atoms with Crippen molar-refractivity contribution in [2.45, 2.75) is 6.04 Å². The summed E-state index contributed by atoms with van der Waals surface area (Å²) in [6.07, 6.45) is 0. The van der Waals surface area contributed by atoms with Crippen LogP contribution >= 0.6 is 0 Å². The predicted molar refractivity (Wildman–Crippen MR) is 101 cm³/mol. The Hall–Kier alpha value is -3.18. The Morgan fingerprint density at radius 3 is 1.42 bits per heavy atom. The summed E-state index contributed by atoms with van der Waals surface area (Å²) < 4.78 is 11.2. The molecule has 26 heavy (non-hydrogen) atoms. The molecule has 0 unspecified atom stereocenters. The molecule has 0 amide bonds. The SMILES string of the molecule is O=C(O[SiH](Cc1ccccc1)OC(=O)c1ccccc1)c1ccccc1. The van der Waals surface area contributed by atoms with Gasteiger partial charge in [0.25, 0.3) is 0 Å². The molecule has 0 saturated heterocycles. The van der Waals surface area contributed by atoms with E-state index in [4.69, 9.17) is 8.85 Å². The number of hydrogen-bond acceptors (Lipinski definition) is 4. The van der Waals surface area contributed by atoms with Crippen molar-refractivity contribution < 1.29 is 18.4 Å². The maximum Gasteiger partial charge on any atom is 0.453 e. The van der Waals surface area contributed by atoms with Crippen LogP contribution in [0.25, 0.3) is 0 Å². The van der Waals surface area contributed by atoms with Gasteiger partial charge in [0.15, 0.2) is 0 Å². The summed E-state index contributed by atoms with van der Waals surface area (Å²) in [6, 6.07) is 27.4. The number of benzene rings is 3. The maximum atomic E-state index is 12.4. The van der Waals surface area contributed by atoms with E-state index in [9.17, 15) is 9.59 Å². The van der Waals surface area contributed by atoms with Gasteiger partial charge in [-0.15, -0.1) is 0 Å². The molecule has 4 nitrogen and oxygen atoms in total. The minimum Gasteiger partial charge on any atom is -0.483 e. The largest absolute Gasteiger partial charge is 0.483 e. The molecular weight excluding hydrogens is 344 g/mol. The van der Waals surface area contributed by atoms with Gasteiger partial charge in [0.2, 0.25) is 0 Å². The van der Waals surface area contributed by atoms with Gasteiger partial charge in [0.05, 0.1) is 11.1 Å². The van der Waals surface area contributed by atoms with Gasteiger partial charge < -0.3 is 8.85 Å². The highest BCUT2D eigenvalue weighted by atomic mass is 28.3. The average Bonchev–Trinajstić information content (AvgIpc) is 2.70. The zero-order chi connectivity index (χ0) is 18.2. The van der Waals surface area contributed by atoms with Crippen LogP contribution in [0.4, 0.5) is 0 Å². The van der Waals surface area contributed by atoms with Crippen LogP contribution in [-0.2, 0) is 14.9 Å². The third-order valence-corrected chi connectivity index (χ3v) is 5.50. The van der Waals surface area contributed by atoms with Crippen LogP contribution in [-0.4, -0.2) is 21.2 Å². The van der Waals surface area contributed by atoms with Crippen molar-refractivity contribution >= 4 is 21.2 Å². The minimum atomic E-state index is -2.61. The molecule has 3 aromatic rings. The molecule has 0 aliphatic carbocycles. The molecule has 130 valence electrons. The zero-order valence-electron chi connectivity index (χ0n) is 14.1. The van der Waals surface area contributed by atoms with Crippen molar-refractivity contribution in [2.24, 2.45) is 0 Å². The number of hydrogen-bond donors (Lipinski definition) is 0. The average molecular weight is 362 g/mol. The summed E-state index contributed by atoms with van der Waals surface area (Å²) in [5.74, 6) is -0.946. The molecule has 0 bridgehead atoms. The van der Waals surface area contributed by atoms with Crippen LogP contribution in [0.5, 0.6) is 0 Å². The van der Waals surface area contributed by atoms with Crippen molar-refractivity contribution in [3.63, 3.8) is 0 Å². The Morgan fingerprint density at radius 2 is 1.00 bits per heavy atom. The zero-order valence-corrected chi connectivity index (χ0v) is 15.2. The van der Waals surface area contributed by atoms with Crippen LogP contribution in [0.1, 0.15) is 26.3 Å². The Balaban J connectivity index is 1.75. The lowest BCUT2D eigenvalue weighted by atomic mass is 10.2. The normalized spacial score (nSPS) is 10.3. The van der Waals surface area contributed by atoms with Crippen LogP contribution in [0.3, 0.4) is 0 Å². The Kier molecular flexibility index (Phi) is 5.95. The third-order valence-electron chi connectivity index (χ3n) is 3.74. The first-order chi connectivity index (χ1) is 12.7. The Morgan fingerprint density at radius 1 is 0.615 bits per heavy atom. The third kappa shape index (κ3) is 4.91. The van der Waals surface area contributed by atoms with Crippen molar-refractivity contribution in [3.05, 3.63) is 108 Å². The first-order valence-electron chi connectivity index (χ1n) is 8.28. The molecule has 3 rings (SSSR count).